The molecule has 3 fully saturated rings. The van der Waals surface area contributed by atoms with E-state index in [-0.39, 0.29) is 23.8 Å². The third-order valence-electron chi connectivity index (χ3n) is 5.68. The lowest BCUT2D eigenvalue weighted by Crippen LogP contribution is -2.48. The van der Waals surface area contributed by atoms with Gasteiger partial charge in [-0.1, -0.05) is 0 Å². The van der Waals surface area contributed by atoms with Crippen molar-refractivity contribution in [1.29, 1.82) is 0 Å². The second kappa shape index (κ2) is 8.81. The molecular weight excluding hydrogens is 304 g/mol. The van der Waals surface area contributed by atoms with Gasteiger partial charge in [-0.3, -0.25) is 9.59 Å². The molecule has 3 rings (SSSR count). The number of piperidine rings is 1. The summed E-state index contributed by atoms with van der Waals surface area (Å²) in [5.41, 5.74) is 0. The molecule has 136 valence electrons. The summed E-state index contributed by atoms with van der Waals surface area (Å²) in [7, 11) is 0. The summed E-state index contributed by atoms with van der Waals surface area (Å²) in [5.74, 6) is 0.497. The third-order valence-corrected chi connectivity index (χ3v) is 5.68. The molecule has 3 saturated heterocycles. The zero-order chi connectivity index (χ0) is 16.8. The van der Waals surface area contributed by atoms with Crippen molar-refractivity contribution in [3.63, 3.8) is 0 Å². The molecular formula is C18H32N4O2. The van der Waals surface area contributed by atoms with E-state index in [1.165, 1.54) is 25.9 Å². The van der Waals surface area contributed by atoms with Gasteiger partial charge in [-0.15, -0.1) is 0 Å². The highest BCUT2D eigenvalue weighted by molar-refractivity contribution is 5.83. The number of hydrogen-bond donors (Lipinski definition) is 2. The smallest absolute Gasteiger partial charge is 0.239 e. The minimum atomic E-state index is 0.0148. The van der Waals surface area contributed by atoms with E-state index in [0.29, 0.717) is 0 Å². The van der Waals surface area contributed by atoms with Gasteiger partial charge in [0.2, 0.25) is 11.8 Å². The topological polar surface area (TPSA) is 64.7 Å². The Bertz CT molecular complexity index is 423. The number of nitrogens with zero attached hydrogens (tertiary/aromatic N) is 2. The van der Waals surface area contributed by atoms with Gasteiger partial charge in [0.05, 0.1) is 6.04 Å². The van der Waals surface area contributed by atoms with Gasteiger partial charge in [-0.25, -0.2) is 0 Å². The monoisotopic (exact) mass is 336 g/mol. The van der Waals surface area contributed by atoms with Crippen molar-refractivity contribution in [1.82, 2.24) is 20.4 Å². The van der Waals surface area contributed by atoms with Crippen LogP contribution in [0.25, 0.3) is 0 Å². The minimum absolute atomic E-state index is 0.0148. The number of amides is 2. The molecule has 0 saturated carbocycles. The molecule has 0 spiro atoms. The number of carbonyl (C=O) groups is 2. The van der Waals surface area contributed by atoms with Gasteiger partial charge in [0.15, 0.2) is 0 Å². The van der Waals surface area contributed by atoms with Crippen molar-refractivity contribution in [2.45, 2.75) is 51.0 Å². The molecule has 0 aromatic rings. The average Bonchev–Trinajstić information content (AvgIpc) is 3.31. The second-order valence-corrected chi connectivity index (χ2v) is 7.44. The lowest BCUT2D eigenvalue weighted by molar-refractivity contribution is -0.137. The van der Waals surface area contributed by atoms with Crippen LogP contribution in [0.15, 0.2) is 0 Å². The number of carbonyl (C=O) groups excluding carboxylic acids is 2. The highest BCUT2D eigenvalue weighted by Crippen LogP contribution is 2.19. The van der Waals surface area contributed by atoms with Gasteiger partial charge in [0, 0.05) is 25.6 Å². The quantitative estimate of drug-likeness (QED) is 0.697. The highest BCUT2D eigenvalue weighted by Gasteiger charge is 2.31. The normalized spacial score (nSPS) is 26.0. The van der Waals surface area contributed by atoms with Gasteiger partial charge >= 0.3 is 0 Å². The maximum atomic E-state index is 12.4. The first-order valence-corrected chi connectivity index (χ1v) is 9.76. The van der Waals surface area contributed by atoms with Crippen LogP contribution in [-0.4, -0.2) is 73.5 Å². The van der Waals surface area contributed by atoms with Gasteiger partial charge in [-0.2, -0.15) is 0 Å². The van der Waals surface area contributed by atoms with E-state index in [9.17, 15) is 9.59 Å². The molecule has 1 atom stereocenters. The second-order valence-electron chi connectivity index (χ2n) is 7.44. The molecule has 0 aromatic heterocycles. The maximum Gasteiger partial charge on any atom is 0.239 e. The molecule has 3 aliphatic heterocycles. The third kappa shape index (κ3) is 4.70. The fourth-order valence-corrected chi connectivity index (χ4v) is 4.14. The van der Waals surface area contributed by atoms with Crippen LogP contribution >= 0.6 is 0 Å². The summed E-state index contributed by atoms with van der Waals surface area (Å²) < 4.78 is 0. The van der Waals surface area contributed by atoms with Crippen molar-refractivity contribution in [2.75, 3.05) is 45.8 Å². The Labute approximate surface area is 145 Å². The molecule has 6 heteroatoms. The van der Waals surface area contributed by atoms with Crippen LogP contribution in [0.3, 0.4) is 0 Å². The lowest BCUT2D eigenvalue weighted by Gasteiger charge is -2.33. The summed E-state index contributed by atoms with van der Waals surface area (Å²) in [6, 6.07) is 0.0148. The lowest BCUT2D eigenvalue weighted by atomic mass is 9.95. The Morgan fingerprint density at radius 1 is 1.00 bits per heavy atom. The predicted octanol–water partition coefficient (Wildman–Crippen LogP) is 0.579. The van der Waals surface area contributed by atoms with E-state index < -0.39 is 0 Å². The first-order chi connectivity index (χ1) is 11.7. The zero-order valence-corrected chi connectivity index (χ0v) is 14.8. The van der Waals surface area contributed by atoms with Crippen LogP contribution in [0.4, 0.5) is 0 Å². The maximum absolute atomic E-state index is 12.4. The Morgan fingerprint density at radius 3 is 2.42 bits per heavy atom. The highest BCUT2D eigenvalue weighted by atomic mass is 16.2. The molecule has 0 aromatic carbocycles. The van der Waals surface area contributed by atoms with Gasteiger partial charge in [-0.05, 0) is 71.1 Å². The fourth-order valence-electron chi connectivity index (χ4n) is 4.14. The molecule has 6 nitrogen and oxygen atoms in total. The molecule has 0 aliphatic carbocycles. The largest absolute Gasteiger partial charge is 0.356 e. The number of likely N-dealkylation sites (tertiary alicyclic amines) is 2. The number of hydrogen-bond acceptors (Lipinski definition) is 4. The Hall–Kier alpha value is -1.14. The first-order valence-electron chi connectivity index (χ1n) is 9.76. The summed E-state index contributed by atoms with van der Waals surface area (Å²) in [5, 5.41) is 6.36. The van der Waals surface area contributed by atoms with E-state index in [4.69, 9.17) is 0 Å². The van der Waals surface area contributed by atoms with Crippen LogP contribution in [0, 0.1) is 5.92 Å². The van der Waals surface area contributed by atoms with Crippen molar-refractivity contribution in [3.8, 4) is 0 Å². The molecule has 3 heterocycles. The summed E-state index contributed by atoms with van der Waals surface area (Å²) in [6.45, 7) is 6.72. The average molecular weight is 336 g/mol. The van der Waals surface area contributed by atoms with Crippen LogP contribution in [0.1, 0.15) is 44.9 Å². The van der Waals surface area contributed by atoms with Crippen LogP contribution < -0.4 is 10.6 Å². The zero-order valence-electron chi connectivity index (χ0n) is 14.8. The van der Waals surface area contributed by atoms with Gasteiger partial charge in [0.1, 0.15) is 0 Å². The van der Waals surface area contributed by atoms with Crippen LogP contribution in [0.2, 0.25) is 0 Å². The van der Waals surface area contributed by atoms with Crippen LogP contribution in [-0.2, 0) is 9.59 Å². The van der Waals surface area contributed by atoms with Crippen molar-refractivity contribution < 1.29 is 9.59 Å². The fraction of sp³-hybridized carbons (Fsp3) is 0.889. The molecule has 3 aliphatic rings. The number of nitrogens with one attached hydrogen (secondary N) is 2. The molecule has 2 amide bonds. The van der Waals surface area contributed by atoms with Gasteiger partial charge < -0.3 is 20.4 Å². The SMILES string of the molecule is O=C(NCCCN1CCCC1)C1CCN(C(=O)C2CCCN2)CC1. The van der Waals surface area contributed by atoms with E-state index >= 15 is 0 Å². The van der Waals surface area contributed by atoms with Crippen LogP contribution in [0.5, 0.6) is 0 Å². The first kappa shape index (κ1) is 17.7. The predicted molar refractivity (Wildman–Crippen MR) is 93.6 cm³/mol. The minimum Gasteiger partial charge on any atom is -0.356 e. The molecule has 0 bridgehead atoms. The van der Waals surface area contributed by atoms with Crippen molar-refractivity contribution in [3.05, 3.63) is 0 Å². The van der Waals surface area contributed by atoms with E-state index in [2.05, 4.69) is 15.5 Å². The molecule has 0 radical (unpaired) electrons. The standard InChI is InChI=1S/C18H32N4O2/c23-17(20-9-4-12-21-10-1-2-11-21)15-6-13-22(14-7-15)18(24)16-5-3-8-19-16/h15-16,19H,1-14H2,(H,20,23). The summed E-state index contributed by atoms with van der Waals surface area (Å²) >= 11 is 0. The van der Waals surface area contributed by atoms with Crippen molar-refractivity contribution >= 4 is 11.8 Å². The van der Waals surface area contributed by atoms with E-state index in [1.54, 1.807) is 0 Å². The van der Waals surface area contributed by atoms with E-state index in [1.807, 2.05) is 4.90 Å². The van der Waals surface area contributed by atoms with Gasteiger partial charge in [0.25, 0.3) is 0 Å². The Balaban J connectivity index is 1.30. The number of rotatable bonds is 6. The molecule has 24 heavy (non-hydrogen) atoms. The van der Waals surface area contributed by atoms with Crippen molar-refractivity contribution in [2.24, 2.45) is 5.92 Å². The Morgan fingerprint density at radius 2 is 1.75 bits per heavy atom. The molecule has 2 N–H and O–H groups in total. The summed E-state index contributed by atoms with van der Waals surface area (Å²) in [4.78, 5) is 29.1. The summed E-state index contributed by atoms with van der Waals surface area (Å²) in [6.07, 6.45) is 7.33. The molecule has 1 unspecified atom stereocenters. The Kier molecular flexibility index (Phi) is 6.49. The van der Waals surface area contributed by atoms with E-state index in [0.717, 1.165) is 64.8 Å².